The van der Waals surface area contributed by atoms with E-state index in [0.29, 0.717) is 32.1 Å². The molecule has 0 spiro atoms. The van der Waals surface area contributed by atoms with Crippen molar-refractivity contribution >= 4 is 5.69 Å². The van der Waals surface area contributed by atoms with E-state index in [-0.39, 0.29) is 25.4 Å². The number of ether oxygens (including phenoxy) is 1. The molecule has 8 nitrogen and oxygen atoms in total. The molecule has 3 aromatic heterocycles. The molecule has 4 fully saturated rings. The van der Waals surface area contributed by atoms with Gasteiger partial charge in [0.05, 0.1) is 42.4 Å². The first-order chi connectivity index (χ1) is 19.4. The Bertz CT molecular complexity index is 1350. The zero-order valence-corrected chi connectivity index (χ0v) is 22.4. The van der Waals surface area contributed by atoms with Gasteiger partial charge in [0.25, 0.3) is 0 Å². The van der Waals surface area contributed by atoms with Gasteiger partial charge in [-0.25, -0.2) is 4.68 Å². The molecule has 1 N–H and O–H groups in total. The highest BCUT2D eigenvalue weighted by Gasteiger charge is 2.57. The Morgan fingerprint density at radius 2 is 1.90 bits per heavy atom. The third-order valence-electron chi connectivity index (χ3n) is 9.37. The fraction of sp³-hybridized carbons (Fsp3) is 0.586. The van der Waals surface area contributed by atoms with Gasteiger partial charge in [0.1, 0.15) is 5.69 Å². The van der Waals surface area contributed by atoms with E-state index in [0.717, 1.165) is 42.0 Å². The van der Waals surface area contributed by atoms with Crippen molar-refractivity contribution in [3.63, 3.8) is 0 Å². The van der Waals surface area contributed by atoms with Crippen molar-refractivity contribution in [3.8, 4) is 11.3 Å². The lowest BCUT2D eigenvalue weighted by molar-refractivity contribution is -0.248. The van der Waals surface area contributed by atoms with Crippen LogP contribution in [0.5, 0.6) is 0 Å². The number of pyridine rings is 2. The van der Waals surface area contributed by atoms with E-state index >= 15 is 0 Å². The summed E-state index contributed by atoms with van der Waals surface area (Å²) >= 11 is 0. The number of nitrogens with one attached hydrogen (secondary N) is 1. The zero-order valence-electron chi connectivity index (χ0n) is 22.4. The topological polar surface area (TPSA) is 81.0 Å². The normalized spacial score (nSPS) is 23.9. The van der Waals surface area contributed by atoms with Crippen LogP contribution in [0.1, 0.15) is 62.1 Å². The number of anilines is 1. The summed E-state index contributed by atoms with van der Waals surface area (Å²) in [5, 5.41) is 12.2. The number of aromatic nitrogens is 5. The third-order valence-corrected chi connectivity index (χ3v) is 9.37. The Morgan fingerprint density at radius 3 is 2.55 bits per heavy atom. The number of alkyl halides is 3. The van der Waals surface area contributed by atoms with Gasteiger partial charge in [-0.1, -0.05) is 11.6 Å². The summed E-state index contributed by atoms with van der Waals surface area (Å²) in [5.74, 6) is 0.613. The minimum Gasteiger partial charge on any atom is -0.375 e. The van der Waals surface area contributed by atoms with Crippen molar-refractivity contribution in [3.05, 3.63) is 54.2 Å². The Kier molecular flexibility index (Phi) is 6.34. The fourth-order valence-corrected chi connectivity index (χ4v) is 6.27. The summed E-state index contributed by atoms with van der Waals surface area (Å²) in [6, 6.07) is 6.25. The minimum absolute atomic E-state index is 0.00947. The van der Waals surface area contributed by atoms with E-state index in [2.05, 4.69) is 37.6 Å². The van der Waals surface area contributed by atoms with Crippen molar-refractivity contribution < 1.29 is 17.9 Å². The van der Waals surface area contributed by atoms with E-state index < -0.39 is 17.1 Å². The first-order valence-electron chi connectivity index (χ1n) is 14.3. The molecule has 2 aliphatic heterocycles. The number of piperidine rings is 1. The molecule has 4 aliphatic rings. The van der Waals surface area contributed by atoms with E-state index in [9.17, 15) is 13.2 Å². The molecule has 11 heteroatoms. The van der Waals surface area contributed by atoms with Crippen molar-refractivity contribution in [1.29, 1.82) is 0 Å². The summed E-state index contributed by atoms with van der Waals surface area (Å²) in [7, 11) is 0. The fourth-order valence-electron chi connectivity index (χ4n) is 6.27. The van der Waals surface area contributed by atoms with Gasteiger partial charge in [-0.2, -0.15) is 13.2 Å². The molecule has 0 amide bonds. The second-order valence-electron chi connectivity index (χ2n) is 12.1. The summed E-state index contributed by atoms with van der Waals surface area (Å²) in [4.78, 5) is 11.5. The number of rotatable bonds is 8. The van der Waals surface area contributed by atoms with Gasteiger partial charge in [0, 0.05) is 43.6 Å². The molecule has 7 rings (SSSR count). The van der Waals surface area contributed by atoms with Gasteiger partial charge in [-0.15, -0.1) is 5.10 Å². The van der Waals surface area contributed by atoms with Crippen molar-refractivity contribution in [1.82, 2.24) is 30.3 Å². The van der Waals surface area contributed by atoms with Crippen LogP contribution in [0.3, 0.4) is 0 Å². The molecule has 212 valence electrons. The summed E-state index contributed by atoms with van der Waals surface area (Å²) < 4.78 is 48.3. The number of hydrogen-bond donors (Lipinski definition) is 1. The molecular formula is C29H34F3N7O. The van der Waals surface area contributed by atoms with Gasteiger partial charge < -0.3 is 15.0 Å². The quantitative estimate of drug-likeness (QED) is 0.434. The standard InChI is InChI=1S/C29H34F3N7O/c30-29(31,32)27(8-2-9-27)17-35-23-3-1-10-38(15-23)24-6-7-26(34-14-24)28(18-40-19-28)39-16-25(36-37-39)22-11-21(12-33-13-22)20-4-5-20/h6-7,11-14,16,20,23,35H,1-5,8-10,15,17-19H2/t23-/m1/s1. The Labute approximate surface area is 231 Å². The van der Waals surface area contributed by atoms with Gasteiger partial charge in [0.15, 0.2) is 5.54 Å². The largest absolute Gasteiger partial charge is 0.395 e. The van der Waals surface area contributed by atoms with Crippen molar-refractivity contribution in [2.45, 2.75) is 68.6 Å². The first-order valence-corrected chi connectivity index (χ1v) is 14.3. The maximum atomic E-state index is 13.6. The van der Waals surface area contributed by atoms with Crippen LogP contribution in [0.2, 0.25) is 0 Å². The van der Waals surface area contributed by atoms with Gasteiger partial charge in [-0.05, 0) is 68.2 Å². The van der Waals surface area contributed by atoms with E-state index in [4.69, 9.17) is 9.72 Å². The molecule has 0 aromatic carbocycles. The van der Waals surface area contributed by atoms with Crippen LogP contribution in [0.15, 0.2) is 43.0 Å². The van der Waals surface area contributed by atoms with Gasteiger partial charge in [-0.3, -0.25) is 9.97 Å². The lowest BCUT2D eigenvalue weighted by Gasteiger charge is -2.45. The zero-order chi connectivity index (χ0) is 27.4. The van der Waals surface area contributed by atoms with Crippen LogP contribution >= 0.6 is 0 Å². The van der Waals surface area contributed by atoms with Crippen LogP contribution in [-0.2, 0) is 10.3 Å². The molecule has 3 aromatic rings. The maximum Gasteiger partial charge on any atom is 0.395 e. The number of halogens is 3. The molecule has 0 unspecified atom stereocenters. The number of hydrogen-bond acceptors (Lipinski definition) is 7. The van der Waals surface area contributed by atoms with Gasteiger partial charge in [0.2, 0.25) is 0 Å². The Balaban J connectivity index is 1.04. The highest BCUT2D eigenvalue weighted by molar-refractivity contribution is 5.58. The first kappa shape index (κ1) is 25.9. The molecule has 2 saturated carbocycles. The van der Waals surface area contributed by atoms with E-state index in [1.807, 2.05) is 35.5 Å². The third kappa shape index (κ3) is 4.56. The van der Waals surface area contributed by atoms with Crippen LogP contribution < -0.4 is 10.2 Å². The van der Waals surface area contributed by atoms with Gasteiger partial charge >= 0.3 is 6.18 Å². The SMILES string of the molecule is FC(F)(F)C1(CN[C@@H]2CCCN(c3ccc(C4(n5cc(-c6cncc(C7CC7)c6)nn5)COC4)nc3)C2)CCC1. The lowest BCUT2D eigenvalue weighted by Crippen LogP contribution is -2.55. The van der Waals surface area contributed by atoms with Crippen LogP contribution in [0.25, 0.3) is 11.3 Å². The summed E-state index contributed by atoms with van der Waals surface area (Å²) in [6.45, 7) is 2.45. The van der Waals surface area contributed by atoms with E-state index in [1.165, 1.54) is 18.4 Å². The highest BCUT2D eigenvalue weighted by atomic mass is 19.4. The number of nitrogens with zero attached hydrogens (tertiary/aromatic N) is 6. The summed E-state index contributed by atoms with van der Waals surface area (Å²) in [6.07, 6.45) is 8.78. The smallest absolute Gasteiger partial charge is 0.375 e. The van der Waals surface area contributed by atoms with Crippen LogP contribution in [-0.4, -0.2) is 70.0 Å². The second-order valence-corrected chi connectivity index (χ2v) is 12.1. The monoisotopic (exact) mass is 553 g/mol. The molecule has 5 heterocycles. The molecular weight excluding hydrogens is 519 g/mol. The molecule has 2 aliphatic carbocycles. The second kappa shape index (κ2) is 9.80. The predicted molar refractivity (Wildman–Crippen MR) is 143 cm³/mol. The predicted octanol–water partition coefficient (Wildman–Crippen LogP) is 4.68. The highest BCUT2D eigenvalue weighted by Crippen LogP contribution is 2.52. The molecule has 0 bridgehead atoms. The van der Waals surface area contributed by atoms with Crippen LogP contribution in [0, 0.1) is 5.41 Å². The van der Waals surface area contributed by atoms with Crippen molar-refractivity contribution in [2.75, 3.05) is 37.7 Å². The Morgan fingerprint density at radius 1 is 1.05 bits per heavy atom. The average molecular weight is 554 g/mol. The minimum atomic E-state index is -4.14. The Hall–Kier alpha value is -3.05. The van der Waals surface area contributed by atoms with Crippen molar-refractivity contribution in [2.24, 2.45) is 5.41 Å². The molecule has 2 saturated heterocycles. The maximum absolute atomic E-state index is 13.6. The average Bonchev–Trinajstić information content (AvgIpc) is 3.65. The lowest BCUT2D eigenvalue weighted by atomic mass is 9.68. The molecule has 1 atom stereocenters. The molecule has 40 heavy (non-hydrogen) atoms. The van der Waals surface area contributed by atoms with E-state index in [1.54, 1.807) is 0 Å². The van der Waals surface area contributed by atoms with Crippen LogP contribution in [0.4, 0.5) is 18.9 Å². The molecule has 0 radical (unpaired) electrons. The summed E-state index contributed by atoms with van der Waals surface area (Å²) in [5.41, 5.74) is 2.75.